The third-order valence-corrected chi connectivity index (χ3v) is 15.9. The molecule has 0 atom stereocenters. The van der Waals surface area contributed by atoms with E-state index in [2.05, 4.69) is 148 Å². The van der Waals surface area contributed by atoms with Gasteiger partial charge in [-0.25, -0.2) is 0 Å². The van der Waals surface area contributed by atoms with Crippen LogP contribution >= 0.6 is 0 Å². The zero-order valence-electron chi connectivity index (χ0n) is 47.2. The van der Waals surface area contributed by atoms with Gasteiger partial charge in [0, 0.05) is 58.9 Å². The Bertz CT molecular complexity index is 3340. The van der Waals surface area contributed by atoms with Crippen molar-refractivity contribution in [2.75, 3.05) is 100 Å². The van der Waals surface area contributed by atoms with Crippen molar-refractivity contribution in [2.24, 2.45) is 0 Å². The SMILES string of the molecule is COc1cc2c3cc1OCCOc1ccc4cc(ccc4c1)CNCCN1CCNCc4ccc5cc(ccc5c4)OCCOc4cc(c(cc4OC)C3)Cc3cc(OC)c(cc3C2)OCCOc2ccc3cc(ccc3c2)CNCC1. The van der Waals surface area contributed by atoms with Gasteiger partial charge >= 0.3 is 0 Å². The van der Waals surface area contributed by atoms with Gasteiger partial charge in [0.05, 0.1) is 21.3 Å². The van der Waals surface area contributed by atoms with Gasteiger partial charge in [0.25, 0.3) is 0 Å². The van der Waals surface area contributed by atoms with Crippen molar-refractivity contribution < 1.29 is 42.6 Å². The molecule has 13 heteroatoms. The first-order valence-electron chi connectivity index (χ1n) is 28.7. The van der Waals surface area contributed by atoms with Gasteiger partial charge in [0.15, 0.2) is 34.5 Å². The van der Waals surface area contributed by atoms with E-state index in [1.807, 2.05) is 18.2 Å². The molecular weight excluding hydrogens is 1030 g/mol. The predicted molar refractivity (Wildman–Crippen MR) is 324 cm³/mol. The van der Waals surface area contributed by atoms with Gasteiger partial charge < -0.3 is 58.6 Å². The molecule has 23 aliphatic rings. The van der Waals surface area contributed by atoms with Gasteiger partial charge in [0.1, 0.15) is 56.9 Å². The summed E-state index contributed by atoms with van der Waals surface area (Å²) in [5.74, 6) is 6.22. The second kappa shape index (κ2) is 25.7. The first-order valence-corrected chi connectivity index (χ1v) is 28.7. The lowest BCUT2D eigenvalue weighted by molar-refractivity contribution is 0.211. The highest BCUT2D eigenvalue weighted by atomic mass is 16.6. The van der Waals surface area contributed by atoms with Gasteiger partial charge in [-0.3, -0.25) is 4.90 Å². The lowest BCUT2D eigenvalue weighted by atomic mass is 9.94. The molecule has 32 rings (SSSR count). The molecular formula is C69H72N4O9. The van der Waals surface area contributed by atoms with E-state index in [9.17, 15) is 0 Å². The topological polar surface area (TPSA) is 122 Å². The van der Waals surface area contributed by atoms with Crippen LogP contribution in [0.15, 0.2) is 146 Å². The van der Waals surface area contributed by atoms with Crippen LogP contribution in [0.3, 0.4) is 0 Å². The average molecular weight is 1100 g/mol. The fraction of sp³-hybridized carbons (Fsp3) is 0.304. The van der Waals surface area contributed by atoms with E-state index >= 15 is 0 Å². The fourth-order valence-electron chi connectivity index (χ4n) is 11.4. The zero-order valence-corrected chi connectivity index (χ0v) is 47.2. The van der Waals surface area contributed by atoms with Crippen molar-refractivity contribution in [1.29, 1.82) is 0 Å². The first-order chi connectivity index (χ1) is 40.4. The molecule has 0 amide bonds. The summed E-state index contributed by atoms with van der Waals surface area (Å²) in [7, 11) is 5.06. The Kier molecular flexibility index (Phi) is 17.1. The van der Waals surface area contributed by atoms with Crippen molar-refractivity contribution in [3.05, 3.63) is 196 Å². The minimum atomic E-state index is 0.313. The third-order valence-electron chi connectivity index (χ3n) is 15.9. The molecule has 0 radical (unpaired) electrons. The van der Waals surface area contributed by atoms with Crippen LogP contribution in [0.1, 0.15) is 50.1 Å². The van der Waals surface area contributed by atoms with E-state index < -0.39 is 0 Å². The molecule has 0 aromatic heterocycles. The summed E-state index contributed by atoms with van der Waals surface area (Å²) in [6.07, 6.45) is 1.81. The van der Waals surface area contributed by atoms with E-state index in [-0.39, 0.29) is 0 Å². The Morgan fingerprint density at radius 1 is 0.317 bits per heavy atom. The maximum absolute atomic E-state index is 6.54. The summed E-state index contributed by atoms with van der Waals surface area (Å²) in [6.45, 7) is 9.67. The monoisotopic (exact) mass is 1100 g/mol. The van der Waals surface area contributed by atoms with Crippen LogP contribution in [0.4, 0.5) is 0 Å². The largest absolute Gasteiger partial charge is 0.493 e. The maximum atomic E-state index is 6.54. The molecule has 82 heavy (non-hydrogen) atoms. The third kappa shape index (κ3) is 13.1. The maximum Gasteiger partial charge on any atom is 0.161 e. The molecule has 0 unspecified atom stereocenters. The smallest absolute Gasteiger partial charge is 0.161 e. The number of nitrogens with zero attached hydrogens (tertiary/aromatic N) is 1. The molecule has 22 heterocycles. The molecule has 0 fully saturated rings. The molecule has 0 spiro atoms. The Hall–Kier alpha value is -8.20. The van der Waals surface area contributed by atoms with Crippen LogP contribution < -0.4 is 58.6 Å². The summed E-state index contributed by atoms with van der Waals surface area (Å²) in [4.78, 5) is 2.54. The van der Waals surface area contributed by atoms with Crippen molar-refractivity contribution >= 4 is 32.3 Å². The minimum Gasteiger partial charge on any atom is -0.493 e. The number of benzene rings is 9. The second-order valence-corrected chi connectivity index (χ2v) is 21.3. The van der Waals surface area contributed by atoms with Crippen molar-refractivity contribution in [3.8, 4) is 51.7 Å². The predicted octanol–water partition coefficient (Wildman–Crippen LogP) is 11.2. The number of hydrogen-bond donors (Lipinski definition) is 3. The molecule has 13 nitrogen and oxygen atoms in total. The summed E-state index contributed by atoms with van der Waals surface area (Å²) < 4.78 is 56.8. The number of hydrogen-bond acceptors (Lipinski definition) is 13. The van der Waals surface area contributed by atoms with E-state index in [0.29, 0.717) is 93.4 Å². The van der Waals surface area contributed by atoms with Crippen LogP contribution in [-0.2, 0) is 38.9 Å². The van der Waals surface area contributed by atoms with Crippen LogP contribution in [0, 0.1) is 0 Å². The van der Waals surface area contributed by atoms with Crippen molar-refractivity contribution in [1.82, 2.24) is 20.9 Å². The van der Waals surface area contributed by atoms with Gasteiger partial charge in [-0.1, -0.05) is 54.6 Å². The molecule has 9 aromatic rings. The lowest BCUT2D eigenvalue weighted by Crippen LogP contribution is -2.40. The number of ether oxygens (including phenoxy) is 9. The average Bonchev–Trinajstić information content (AvgIpc) is 3.66. The number of fused-ring (bicyclic) bond motifs is 1. The normalized spacial score (nSPS) is 16.0. The summed E-state index contributed by atoms with van der Waals surface area (Å²) in [6, 6.07) is 51.5. The molecule has 0 saturated carbocycles. The minimum absolute atomic E-state index is 0.313. The fourth-order valence-corrected chi connectivity index (χ4v) is 11.4. The highest BCUT2D eigenvalue weighted by molar-refractivity contribution is 5.86. The quantitative estimate of drug-likeness (QED) is 0.156. The number of nitrogens with one attached hydrogen (secondary N) is 3. The van der Waals surface area contributed by atoms with E-state index in [0.717, 1.165) is 126 Å². The first kappa shape index (κ1) is 54.4. The number of rotatable bonds is 3. The molecule has 422 valence electrons. The Balaban J connectivity index is 0.903. The Morgan fingerprint density at radius 3 is 0.915 bits per heavy atom. The summed E-state index contributed by atoms with van der Waals surface area (Å²) in [5, 5.41) is 18.1. The molecule has 22 bridgehead atoms. The van der Waals surface area contributed by atoms with Gasteiger partial charge in [-0.15, -0.1) is 0 Å². The van der Waals surface area contributed by atoms with Crippen molar-refractivity contribution in [2.45, 2.75) is 38.9 Å². The molecule has 9 aromatic carbocycles. The highest BCUT2D eigenvalue weighted by Gasteiger charge is 2.23. The van der Waals surface area contributed by atoms with E-state index in [1.54, 1.807) is 21.3 Å². The molecule has 22 aliphatic heterocycles. The Morgan fingerprint density at radius 2 is 0.598 bits per heavy atom. The lowest BCUT2D eigenvalue weighted by Gasteiger charge is -2.23. The zero-order chi connectivity index (χ0) is 55.6. The Labute approximate surface area is 480 Å². The van der Waals surface area contributed by atoms with Crippen LogP contribution in [0.5, 0.6) is 51.7 Å². The molecule has 3 N–H and O–H groups in total. The van der Waals surface area contributed by atoms with Crippen LogP contribution in [0.2, 0.25) is 0 Å². The molecule has 1 aliphatic carbocycles. The van der Waals surface area contributed by atoms with Gasteiger partial charge in [-0.2, -0.15) is 0 Å². The van der Waals surface area contributed by atoms with Crippen molar-refractivity contribution in [3.63, 3.8) is 0 Å². The van der Waals surface area contributed by atoms with E-state index in [1.165, 1.54) is 32.8 Å². The van der Waals surface area contributed by atoms with E-state index in [4.69, 9.17) is 42.6 Å². The number of methoxy groups -OCH3 is 3. The summed E-state index contributed by atoms with van der Waals surface area (Å²) >= 11 is 0. The molecule has 0 saturated heterocycles. The van der Waals surface area contributed by atoms with Crippen LogP contribution in [0.25, 0.3) is 32.3 Å². The second-order valence-electron chi connectivity index (χ2n) is 21.3. The van der Waals surface area contributed by atoms with Gasteiger partial charge in [-0.05, 0) is 193 Å². The standard InChI is InChI=1S/C69H72N4O9/c1-74-64-37-55-31-59-41-68-66(76-3)39-57(59)33-60-42-69-65(75-2)38-56(60)32-58(55)40-67(64)80-25-22-77-61-13-10-49-28-46(4-7-52(49)34-61)43-70-16-19-73(20-17-71-44-47-5-8-53-35-62(78-23-26-81-68)14-11-50(53)29-47)21-18-72-45-48-6-9-54-36-63(79-24-27-82-69)15-12-51(54)30-48/h4-15,28-30,34-42,70-72H,16-27,31-33,43-45H2,1-3H3. The van der Waals surface area contributed by atoms with Crippen LogP contribution in [-0.4, -0.2) is 105 Å². The van der Waals surface area contributed by atoms with Gasteiger partial charge in [0.2, 0.25) is 0 Å². The highest BCUT2D eigenvalue weighted by Crippen LogP contribution is 2.41. The summed E-state index contributed by atoms with van der Waals surface area (Å²) in [5.41, 5.74) is 10.3.